The second kappa shape index (κ2) is 10.6. The maximum Gasteiger partial charge on any atom is 0.274 e. The van der Waals surface area contributed by atoms with Crippen LogP contribution in [0.2, 0.25) is 5.02 Å². The van der Waals surface area contributed by atoms with E-state index in [0.717, 1.165) is 43.9 Å². The highest BCUT2D eigenvalue weighted by Crippen LogP contribution is 2.26. The van der Waals surface area contributed by atoms with Crippen LogP contribution >= 0.6 is 11.6 Å². The number of anilines is 2. The summed E-state index contributed by atoms with van der Waals surface area (Å²) in [4.78, 5) is 19.1. The summed E-state index contributed by atoms with van der Waals surface area (Å²) < 4.78 is 13.4. The zero-order valence-corrected chi connectivity index (χ0v) is 20.4. The lowest BCUT2D eigenvalue weighted by Gasteiger charge is -2.36. The fraction of sp³-hybridized carbons (Fsp3) is 0.370. The fourth-order valence-corrected chi connectivity index (χ4v) is 5.11. The molecule has 1 aromatic heterocycles. The Labute approximate surface area is 210 Å². The molecule has 3 aromatic rings. The number of hydrogen-bond donors (Lipinski definition) is 0. The van der Waals surface area contributed by atoms with E-state index in [-0.39, 0.29) is 10.9 Å². The third kappa shape index (κ3) is 5.56. The number of rotatable bonds is 5. The Hall–Kier alpha value is -3.19. The first kappa shape index (κ1) is 23.5. The quantitative estimate of drug-likeness (QED) is 0.516. The maximum atomic E-state index is 13.4. The second-order valence-electron chi connectivity index (χ2n) is 9.27. The van der Waals surface area contributed by atoms with Gasteiger partial charge in [0.1, 0.15) is 5.82 Å². The minimum absolute atomic E-state index is 0.108. The van der Waals surface area contributed by atoms with Gasteiger partial charge in [0.05, 0.1) is 5.02 Å². The maximum absolute atomic E-state index is 13.4. The van der Waals surface area contributed by atoms with E-state index in [1.807, 2.05) is 6.07 Å². The normalized spacial score (nSPS) is 17.0. The number of aromatic nitrogens is 2. The van der Waals surface area contributed by atoms with Crippen molar-refractivity contribution in [3.8, 4) is 0 Å². The SMILES string of the molecule is O=C(c1ccc(N2CCC(Cc3ccccc3)CC2)nn1)N1CCN(c2ccc(F)c(Cl)c2)CC1. The van der Waals surface area contributed by atoms with Gasteiger partial charge in [0.2, 0.25) is 0 Å². The number of halogens is 2. The van der Waals surface area contributed by atoms with Crippen LogP contribution in [0.5, 0.6) is 0 Å². The van der Waals surface area contributed by atoms with Crippen LogP contribution < -0.4 is 9.80 Å². The summed E-state index contributed by atoms with van der Waals surface area (Å²) >= 11 is 5.92. The molecular formula is C27H29ClFN5O. The van der Waals surface area contributed by atoms with Gasteiger partial charge >= 0.3 is 0 Å². The molecule has 2 aromatic carbocycles. The third-order valence-corrected chi connectivity index (χ3v) is 7.30. The number of piperazine rings is 1. The number of carbonyl (C=O) groups excluding carboxylic acids is 1. The number of amides is 1. The first-order valence-corrected chi connectivity index (χ1v) is 12.6. The molecule has 3 heterocycles. The summed E-state index contributed by atoms with van der Waals surface area (Å²) in [5.74, 6) is 0.981. The van der Waals surface area contributed by atoms with Crippen LogP contribution in [0.25, 0.3) is 0 Å². The molecule has 0 spiro atoms. The lowest BCUT2D eigenvalue weighted by atomic mass is 9.90. The van der Waals surface area contributed by atoms with Crippen LogP contribution in [0.1, 0.15) is 28.9 Å². The Balaban J connectivity index is 1.12. The van der Waals surface area contributed by atoms with Crippen LogP contribution in [-0.4, -0.2) is 60.3 Å². The van der Waals surface area contributed by atoms with E-state index in [4.69, 9.17) is 11.6 Å². The highest BCUT2D eigenvalue weighted by Gasteiger charge is 2.25. The van der Waals surface area contributed by atoms with Crippen LogP contribution in [0.4, 0.5) is 15.9 Å². The van der Waals surface area contributed by atoms with Gasteiger partial charge in [-0.05, 0) is 61.1 Å². The average Bonchev–Trinajstić information content (AvgIpc) is 2.91. The first-order chi connectivity index (χ1) is 17.1. The van der Waals surface area contributed by atoms with Crippen LogP contribution in [0.3, 0.4) is 0 Å². The molecular weight excluding hydrogens is 465 g/mol. The fourth-order valence-electron chi connectivity index (χ4n) is 4.93. The van der Waals surface area contributed by atoms with E-state index in [1.165, 1.54) is 11.6 Å². The zero-order valence-electron chi connectivity index (χ0n) is 19.6. The largest absolute Gasteiger partial charge is 0.368 e. The van der Waals surface area contributed by atoms with Gasteiger partial charge in [-0.25, -0.2) is 4.39 Å². The van der Waals surface area contributed by atoms with E-state index in [2.05, 4.69) is 50.3 Å². The molecule has 5 rings (SSSR count). The molecule has 1 amide bonds. The summed E-state index contributed by atoms with van der Waals surface area (Å²) in [5, 5.41) is 8.74. The monoisotopic (exact) mass is 493 g/mol. The summed E-state index contributed by atoms with van der Waals surface area (Å²) in [6.07, 6.45) is 3.37. The zero-order chi connectivity index (χ0) is 24.2. The van der Waals surface area contributed by atoms with Crippen molar-refractivity contribution in [2.75, 3.05) is 49.1 Å². The number of benzene rings is 2. The van der Waals surface area contributed by atoms with Crippen molar-refractivity contribution in [2.24, 2.45) is 5.92 Å². The standard InChI is InChI=1S/C27H29ClFN5O/c28-23-19-22(6-7-24(23)29)32-14-16-34(17-15-32)27(35)25-8-9-26(31-30-25)33-12-10-21(11-13-33)18-20-4-2-1-3-5-20/h1-9,19,21H,10-18H2. The number of piperidine rings is 1. The summed E-state index contributed by atoms with van der Waals surface area (Å²) in [5.41, 5.74) is 2.63. The molecule has 0 atom stereocenters. The van der Waals surface area contributed by atoms with Gasteiger partial charge in [-0.15, -0.1) is 10.2 Å². The summed E-state index contributed by atoms with van der Waals surface area (Å²) in [7, 11) is 0. The van der Waals surface area contributed by atoms with Crippen LogP contribution in [-0.2, 0) is 6.42 Å². The van der Waals surface area contributed by atoms with E-state index in [1.54, 1.807) is 23.1 Å². The van der Waals surface area contributed by atoms with Crippen LogP contribution in [0.15, 0.2) is 60.7 Å². The predicted octanol–water partition coefficient (Wildman–Crippen LogP) is 4.69. The van der Waals surface area contributed by atoms with E-state index < -0.39 is 5.82 Å². The Kier molecular flexibility index (Phi) is 7.13. The first-order valence-electron chi connectivity index (χ1n) is 12.2. The Bertz CT molecular complexity index is 1140. The molecule has 2 saturated heterocycles. The number of carbonyl (C=O) groups is 1. The Morgan fingerprint density at radius 1 is 0.886 bits per heavy atom. The molecule has 2 aliphatic rings. The van der Waals surface area contributed by atoms with Crippen molar-refractivity contribution in [3.05, 3.63) is 82.8 Å². The van der Waals surface area contributed by atoms with Crippen molar-refractivity contribution in [1.82, 2.24) is 15.1 Å². The van der Waals surface area contributed by atoms with Crippen molar-refractivity contribution in [3.63, 3.8) is 0 Å². The number of hydrogen-bond acceptors (Lipinski definition) is 5. The van der Waals surface area contributed by atoms with Crippen molar-refractivity contribution >= 4 is 29.0 Å². The van der Waals surface area contributed by atoms with Gasteiger partial charge in [-0.2, -0.15) is 0 Å². The minimum atomic E-state index is -0.428. The molecule has 6 nitrogen and oxygen atoms in total. The Morgan fingerprint density at radius 3 is 2.29 bits per heavy atom. The second-order valence-corrected chi connectivity index (χ2v) is 9.68. The molecule has 2 aliphatic heterocycles. The molecule has 8 heteroatoms. The predicted molar refractivity (Wildman–Crippen MR) is 137 cm³/mol. The lowest BCUT2D eigenvalue weighted by Crippen LogP contribution is -2.49. The topological polar surface area (TPSA) is 52.6 Å². The van der Waals surface area contributed by atoms with Crippen molar-refractivity contribution in [2.45, 2.75) is 19.3 Å². The molecule has 2 fully saturated rings. The van der Waals surface area contributed by atoms with Crippen molar-refractivity contribution in [1.29, 1.82) is 0 Å². The minimum Gasteiger partial charge on any atom is -0.368 e. The van der Waals surface area contributed by atoms with Gasteiger partial charge in [0.25, 0.3) is 5.91 Å². The molecule has 0 aliphatic carbocycles. The lowest BCUT2D eigenvalue weighted by molar-refractivity contribution is 0.0739. The van der Waals surface area contributed by atoms with Gasteiger partial charge in [-0.3, -0.25) is 4.79 Å². The Morgan fingerprint density at radius 2 is 1.63 bits per heavy atom. The summed E-state index contributed by atoms with van der Waals surface area (Å²) in [6, 6.07) is 19.1. The van der Waals surface area contributed by atoms with E-state index >= 15 is 0 Å². The van der Waals surface area contributed by atoms with E-state index in [0.29, 0.717) is 37.8 Å². The van der Waals surface area contributed by atoms with Crippen LogP contribution in [0, 0.1) is 11.7 Å². The van der Waals surface area contributed by atoms with Gasteiger partial charge in [-0.1, -0.05) is 41.9 Å². The molecule has 0 N–H and O–H groups in total. The smallest absolute Gasteiger partial charge is 0.274 e. The molecule has 182 valence electrons. The van der Waals surface area contributed by atoms with Crippen molar-refractivity contribution < 1.29 is 9.18 Å². The number of nitrogens with zero attached hydrogens (tertiary/aromatic N) is 5. The average molecular weight is 494 g/mol. The van der Waals surface area contributed by atoms with Gasteiger partial charge in [0, 0.05) is 45.0 Å². The molecule has 35 heavy (non-hydrogen) atoms. The molecule has 0 saturated carbocycles. The molecule has 0 unspecified atom stereocenters. The molecule has 0 radical (unpaired) electrons. The highest BCUT2D eigenvalue weighted by molar-refractivity contribution is 6.31. The third-order valence-electron chi connectivity index (χ3n) is 7.01. The molecule has 0 bridgehead atoms. The van der Waals surface area contributed by atoms with Gasteiger partial charge in [0.15, 0.2) is 11.5 Å². The summed E-state index contributed by atoms with van der Waals surface area (Å²) in [6.45, 7) is 4.33. The van der Waals surface area contributed by atoms with Gasteiger partial charge < -0.3 is 14.7 Å². The highest BCUT2D eigenvalue weighted by atomic mass is 35.5. The van der Waals surface area contributed by atoms with E-state index in [9.17, 15) is 9.18 Å².